The second-order valence-corrected chi connectivity index (χ2v) is 7.21. The lowest BCUT2D eigenvalue weighted by molar-refractivity contribution is 0.555. The molecule has 1 aliphatic heterocycles. The molecule has 1 fully saturated rings. The van der Waals surface area contributed by atoms with Gasteiger partial charge in [-0.3, -0.25) is 4.99 Å². The van der Waals surface area contributed by atoms with Gasteiger partial charge < -0.3 is 15.5 Å². The SMILES string of the molecule is CN=C(NCC1CCN(c2cc(Cl)ccc2C)C1)NC1CC=CC1.I. The Morgan fingerprint density at radius 2 is 2.08 bits per heavy atom. The predicted octanol–water partition coefficient (Wildman–Crippen LogP) is 3.98. The van der Waals surface area contributed by atoms with E-state index in [0.29, 0.717) is 12.0 Å². The summed E-state index contributed by atoms with van der Waals surface area (Å²) in [5.41, 5.74) is 2.56. The molecule has 138 valence electrons. The van der Waals surface area contributed by atoms with E-state index < -0.39 is 0 Å². The van der Waals surface area contributed by atoms with E-state index in [1.54, 1.807) is 0 Å². The van der Waals surface area contributed by atoms with E-state index in [2.05, 4.69) is 51.7 Å². The number of aryl methyl sites for hydroxylation is 1. The molecule has 1 unspecified atom stereocenters. The minimum atomic E-state index is 0. The van der Waals surface area contributed by atoms with Gasteiger partial charge in [-0.2, -0.15) is 0 Å². The smallest absolute Gasteiger partial charge is 0.191 e. The molecule has 1 aromatic carbocycles. The van der Waals surface area contributed by atoms with Crippen molar-refractivity contribution in [3.05, 3.63) is 40.9 Å². The number of halogens is 2. The monoisotopic (exact) mass is 474 g/mol. The first-order valence-electron chi connectivity index (χ1n) is 8.79. The molecule has 1 aliphatic carbocycles. The van der Waals surface area contributed by atoms with Crippen molar-refractivity contribution in [3.8, 4) is 0 Å². The van der Waals surface area contributed by atoms with Crippen LogP contribution in [0.1, 0.15) is 24.8 Å². The number of nitrogens with one attached hydrogen (secondary N) is 2. The van der Waals surface area contributed by atoms with Crippen molar-refractivity contribution in [1.29, 1.82) is 0 Å². The molecule has 1 atom stereocenters. The molecule has 0 saturated carbocycles. The quantitative estimate of drug-likeness (QED) is 0.300. The van der Waals surface area contributed by atoms with Crippen molar-refractivity contribution in [2.24, 2.45) is 10.9 Å². The molecule has 0 radical (unpaired) electrons. The molecule has 0 aromatic heterocycles. The van der Waals surface area contributed by atoms with Gasteiger partial charge in [0.05, 0.1) is 0 Å². The van der Waals surface area contributed by atoms with E-state index in [0.717, 1.165) is 43.5 Å². The number of guanidine groups is 1. The lowest BCUT2D eigenvalue weighted by Gasteiger charge is -2.22. The van der Waals surface area contributed by atoms with Gasteiger partial charge in [-0.15, -0.1) is 24.0 Å². The van der Waals surface area contributed by atoms with Gasteiger partial charge in [0, 0.05) is 43.4 Å². The van der Waals surface area contributed by atoms with Crippen LogP contribution >= 0.6 is 35.6 Å². The van der Waals surface area contributed by atoms with Gasteiger partial charge in [-0.1, -0.05) is 29.8 Å². The lowest BCUT2D eigenvalue weighted by atomic mass is 10.1. The van der Waals surface area contributed by atoms with Crippen molar-refractivity contribution >= 4 is 47.2 Å². The Morgan fingerprint density at radius 3 is 2.80 bits per heavy atom. The van der Waals surface area contributed by atoms with Crippen molar-refractivity contribution in [3.63, 3.8) is 0 Å². The van der Waals surface area contributed by atoms with Crippen LogP contribution in [0.5, 0.6) is 0 Å². The van der Waals surface area contributed by atoms with Crippen LogP contribution < -0.4 is 15.5 Å². The van der Waals surface area contributed by atoms with E-state index in [-0.39, 0.29) is 24.0 Å². The van der Waals surface area contributed by atoms with Gasteiger partial charge in [-0.25, -0.2) is 0 Å². The van der Waals surface area contributed by atoms with Crippen LogP contribution in [-0.4, -0.2) is 38.7 Å². The Balaban J connectivity index is 0.00000225. The summed E-state index contributed by atoms with van der Waals surface area (Å²) in [6.45, 7) is 5.26. The zero-order chi connectivity index (χ0) is 16.9. The summed E-state index contributed by atoms with van der Waals surface area (Å²) >= 11 is 6.17. The molecule has 3 rings (SSSR count). The largest absolute Gasteiger partial charge is 0.371 e. The molecule has 4 nitrogen and oxygen atoms in total. The predicted molar refractivity (Wildman–Crippen MR) is 119 cm³/mol. The van der Waals surface area contributed by atoms with Gasteiger partial charge in [0.1, 0.15) is 0 Å². The molecule has 1 saturated heterocycles. The summed E-state index contributed by atoms with van der Waals surface area (Å²) in [6.07, 6.45) is 7.83. The Morgan fingerprint density at radius 1 is 1.32 bits per heavy atom. The topological polar surface area (TPSA) is 39.7 Å². The number of hydrogen-bond acceptors (Lipinski definition) is 2. The number of rotatable bonds is 4. The minimum Gasteiger partial charge on any atom is -0.371 e. The average molecular weight is 475 g/mol. The number of hydrogen-bond donors (Lipinski definition) is 2. The van der Waals surface area contributed by atoms with Crippen LogP contribution in [0.2, 0.25) is 5.02 Å². The maximum atomic E-state index is 6.17. The highest BCUT2D eigenvalue weighted by Crippen LogP contribution is 2.29. The summed E-state index contributed by atoms with van der Waals surface area (Å²) in [5.74, 6) is 1.55. The van der Waals surface area contributed by atoms with Crippen LogP contribution in [0, 0.1) is 12.8 Å². The normalized spacial score (nSPS) is 20.7. The fourth-order valence-corrected chi connectivity index (χ4v) is 3.67. The van der Waals surface area contributed by atoms with Crippen molar-refractivity contribution in [2.75, 3.05) is 31.6 Å². The first kappa shape index (κ1) is 20.4. The summed E-state index contributed by atoms with van der Waals surface area (Å²) in [7, 11) is 1.84. The number of anilines is 1. The van der Waals surface area contributed by atoms with Crippen LogP contribution in [0.25, 0.3) is 0 Å². The Labute approximate surface area is 173 Å². The number of aliphatic imine (C=N–C) groups is 1. The Bertz CT molecular complexity index is 624. The maximum Gasteiger partial charge on any atom is 0.191 e. The molecular formula is C19H28ClIN4. The Kier molecular flexibility index (Phi) is 7.87. The summed E-state index contributed by atoms with van der Waals surface area (Å²) in [4.78, 5) is 6.80. The molecular weight excluding hydrogens is 447 g/mol. The molecule has 2 aliphatic rings. The van der Waals surface area contributed by atoms with Crippen molar-refractivity contribution < 1.29 is 0 Å². The van der Waals surface area contributed by atoms with Gasteiger partial charge >= 0.3 is 0 Å². The molecule has 0 spiro atoms. The maximum absolute atomic E-state index is 6.17. The van der Waals surface area contributed by atoms with Crippen LogP contribution in [0.4, 0.5) is 5.69 Å². The van der Waals surface area contributed by atoms with Crippen LogP contribution in [-0.2, 0) is 0 Å². The van der Waals surface area contributed by atoms with E-state index in [1.165, 1.54) is 17.7 Å². The second kappa shape index (κ2) is 9.67. The third kappa shape index (κ3) is 5.51. The van der Waals surface area contributed by atoms with E-state index in [4.69, 9.17) is 11.6 Å². The summed E-state index contributed by atoms with van der Waals surface area (Å²) in [6, 6.07) is 6.64. The second-order valence-electron chi connectivity index (χ2n) is 6.77. The standard InChI is InChI=1S/C19H27ClN4.HI/c1-14-7-8-16(20)11-18(14)24-10-9-15(13-24)12-22-19(21-2)23-17-5-3-4-6-17;/h3-4,7-8,11,15,17H,5-6,9-10,12-13H2,1-2H3,(H2,21,22,23);1H. The number of benzene rings is 1. The molecule has 1 heterocycles. The highest BCUT2D eigenvalue weighted by molar-refractivity contribution is 14.0. The number of nitrogens with zero attached hydrogens (tertiary/aromatic N) is 2. The molecule has 0 bridgehead atoms. The molecule has 1 aromatic rings. The van der Waals surface area contributed by atoms with E-state index in [9.17, 15) is 0 Å². The molecule has 0 amide bonds. The zero-order valence-corrected chi connectivity index (χ0v) is 18.1. The summed E-state index contributed by atoms with van der Waals surface area (Å²) in [5, 5.41) is 7.80. The highest BCUT2D eigenvalue weighted by Gasteiger charge is 2.24. The van der Waals surface area contributed by atoms with Gasteiger partial charge in [-0.05, 0) is 49.8 Å². The van der Waals surface area contributed by atoms with Gasteiger partial charge in [0.2, 0.25) is 0 Å². The first-order chi connectivity index (χ1) is 11.7. The fraction of sp³-hybridized carbons (Fsp3) is 0.526. The highest BCUT2D eigenvalue weighted by atomic mass is 127. The van der Waals surface area contributed by atoms with Crippen molar-refractivity contribution in [2.45, 2.75) is 32.2 Å². The van der Waals surface area contributed by atoms with Crippen molar-refractivity contribution in [1.82, 2.24) is 10.6 Å². The third-order valence-electron chi connectivity index (χ3n) is 4.93. The zero-order valence-electron chi connectivity index (χ0n) is 15.0. The van der Waals surface area contributed by atoms with Crippen LogP contribution in [0.15, 0.2) is 35.3 Å². The van der Waals surface area contributed by atoms with Crippen LogP contribution in [0.3, 0.4) is 0 Å². The fourth-order valence-electron chi connectivity index (χ4n) is 3.51. The molecule has 25 heavy (non-hydrogen) atoms. The van der Waals surface area contributed by atoms with Gasteiger partial charge in [0.15, 0.2) is 5.96 Å². The Hall–Kier alpha value is -0.950. The van der Waals surface area contributed by atoms with Gasteiger partial charge in [0.25, 0.3) is 0 Å². The minimum absolute atomic E-state index is 0. The summed E-state index contributed by atoms with van der Waals surface area (Å²) < 4.78 is 0. The third-order valence-corrected chi connectivity index (χ3v) is 5.16. The van der Waals surface area contributed by atoms with E-state index >= 15 is 0 Å². The average Bonchev–Trinajstić information content (AvgIpc) is 3.25. The van der Waals surface area contributed by atoms with E-state index in [1.807, 2.05) is 13.1 Å². The first-order valence-corrected chi connectivity index (χ1v) is 9.17. The lowest BCUT2D eigenvalue weighted by Crippen LogP contribution is -2.44. The molecule has 2 N–H and O–H groups in total. The molecule has 6 heteroatoms.